The Morgan fingerprint density at radius 2 is 1.58 bits per heavy atom. The maximum absolute atomic E-state index is 14.2. The average molecular weight is 455 g/mol. The van der Waals surface area contributed by atoms with E-state index in [9.17, 15) is 14.7 Å². The molecule has 4 saturated carbocycles. The van der Waals surface area contributed by atoms with Gasteiger partial charge in [-0.05, 0) is 103 Å². The van der Waals surface area contributed by atoms with Gasteiger partial charge in [-0.15, -0.1) is 0 Å². The highest BCUT2D eigenvalue weighted by atomic mass is 16.3. The third-order valence-electron chi connectivity index (χ3n) is 12.9. The lowest BCUT2D eigenvalue weighted by molar-refractivity contribution is -0.202. The molecule has 3 nitrogen and oxygen atoms in total. The van der Waals surface area contributed by atoms with E-state index in [1.54, 1.807) is 0 Å². The van der Waals surface area contributed by atoms with Crippen LogP contribution >= 0.6 is 0 Å². The van der Waals surface area contributed by atoms with Gasteiger partial charge in [0.2, 0.25) is 0 Å². The number of aliphatic hydroxyl groups is 1. The summed E-state index contributed by atoms with van der Waals surface area (Å²) < 4.78 is 0. The Kier molecular flexibility index (Phi) is 4.92. The van der Waals surface area contributed by atoms with Crippen molar-refractivity contribution in [2.75, 3.05) is 0 Å². The predicted octanol–water partition coefficient (Wildman–Crippen LogP) is 6.53. The number of ketones is 1. The fraction of sp³-hybridized carbons (Fsp3) is 0.867. The van der Waals surface area contributed by atoms with Crippen molar-refractivity contribution in [2.45, 2.75) is 112 Å². The lowest BCUT2D eigenvalue weighted by Gasteiger charge is -2.70. The molecule has 5 rings (SSSR count). The molecule has 5 aliphatic rings. The topological polar surface area (TPSA) is 54.4 Å². The van der Waals surface area contributed by atoms with Crippen LogP contribution in [0.25, 0.3) is 0 Å². The number of hydrogen-bond acceptors (Lipinski definition) is 3. The minimum atomic E-state index is -0.279. The molecule has 5 aliphatic carbocycles. The third kappa shape index (κ3) is 2.84. The molecule has 0 aromatic heterocycles. The maximum atomic E-state index is 14.2. The normalized spacial score (nSPS) is 55.4. The van der Waals surface area contributed by atoms with Crippen LogP contribution in [0.2, 0.25) is 0 Å². The van der Waals surface area contributed by atoms with Gasteiger partial charge in [0.05, 0.1) is 6.10 Å². The molecule has 0 aliphatic heterocycles. The van der Waals surface area contributed by atoms with Gasteiger partial charge in [0.15, 0.2) is 5.78 Å². The van der Waals surface area contributed by atoms with Crippen LogP contribution in [0.15, 0.2) is 11.6 Å². The second-order valence-corrected chi connectivity index (χ2v) is 14.8. The van der Waals surface area contributed by atoms with Crippen LogP contribution in [0.1, 0.15) is 106 Å². The van der Waals surface area contributed by atoms with Crippen LogP contribution in [0.3, 0.4) is 0 Å². The summed E-state index contributed by atoms with van der Waals surface area (Å²) in [7, 11) is 0. The summed E-state index contributed by atoms with van der Waals surface area (Å²) in [6, 6.07) is 0. The fourth-order valence-corrected chi connectivity index (χ4v) is 10.3. The van der Waals surface area contributed by atoms with Gasteiger partial charge in [-0.25, -0.2) is 0 Å². The fourth-order valence-electron chi connectivity index (χ4n) is 10.3. The van der Waals surface area contributed by atoms with Crippen molar-refractivity contribution in [3.8, 4) is 0 Å². The molecule has 4 fully saturated rings. The monoisotopic (exact) mass is 454 g/mol. The summed E-state index contributed by atoms with van der Waals surface area (Å²) in [6.07, 6.45) is 12.2. The number of fused-ring (bicyclic) bond motifs is 7. The molecule has 0 heterocycles. The Hall–Kier alpha value is -0.960. The molecule has 0 spiro atoms. The first-order valence-electron chi connectivity index (χ1n) is 13.6. The molecule has 0 saturated heterocycles. The van der Waals surface area contributed by atoms with Crippen LogP contribution < -0.4 is 0 Å². The maximum Gasteiger partial charge on any atom is 0.159 e. The van der Waals surface area contributed by atoms with Gasteiger partial charge in [0.25, 0.3) is 0 Å². The molecule has 184 valence electrons. The zero-order valence-corrected chi connectivity index (χ0v) is 22.1. The van der Waals surface area contributed by atoms with Gasteiger partial charge in [-0.2, -0.15) is 0 Å². The highest BCUT2D eigenvalue weighted by molar-refractivity contribution is 5.95. The van der Waals surface area contributed by atoms with E-state index in [0.29, 0.717) is 17.6 Å². The number of rotatable bonds is 1. The second-order valence-electron chi connectivity index (χ2n) is 14.8. The van der Waals surface area contributed by atoms with Crippen LogP contribution in [0.5, 0.6) is 0 Å². The quantitative estimate of drug-likeness (QED) is 0.458. The first kappa shape index (κ1) is 23.8. The summed E-state index contributed by atoms with van der Waals surface area (Å²) in [5.74, 6) is 1.06. The van der Waals surface area contributed by atoms with Crippen molar-refractivity contribution in [3.63, 3.8) is 0 Å². The van der Waals surface area contributed by atoms with E-state index in [1.165, 1.54) is 18.3 Å². The Morgan fingerprint density at radius 3 is 2.24 bits per heavy atom. The number of aliphatic hydroxyl groups excluding tert-OH is 1. The van der Waals surface area contributed by atoms with E-state index >= 15 is 0 Å². The summed E-state index contributed by atoms with van der Waals surface area (Å²) >= 11 is 0. The molecular formula is C30H46O3. The summed E-state index contributed by atoms with van der Waals surface area (Å²) in [5.41, 5.74) is 1.04. The first-order valence-corrected chi connectivity index (χ1v) is 13.6. The van der Waals surface area contributed by atoms with E-state index < -0.39 is 0 Å². The SMILES string of the molecule is CC12CC[C@](C)(C=O)CC1C1=CC(=O)C3C4(C)CCC(O)C(C)(C)C4CCC3(C)[C@]1(C)CC2. The second kappa shape index (κ2) is 6.83. The zero-order chi connectivity index (χ0) is 24.2. The minimum Gasteiger partial charge on any atom is -0.393 e. The molecule has 7 unspecified atom stereocenters. The Morgan fingerprint density at radius 1 is 0.909 bits per heavy atom. The molecule has 0 aromatic rings. The van der Waals surface area contributed by atoms with Crippen LogP contribution in [0, 0.1) is 50.2 Å². The van der Waals surface area contributed by atoms with Crippen LogP contribution in [-0.2, 0) is 9.59 Å². The summed E-state index contributed by atoms with van der Waals surface area (Å²) in [5, 5.41) is 10.9. The van der Waals surface area contributed by atoms with Crippen molar-refractivity contribution in [2.24, 2.45) is 50.2 Å². The van der Waals surface area contributed by atoms with Gasteiger partial charge in [0.1, 0.15) is 6.29 Å². The van der Waals surface area contributed by atoms with Crippen molar-refractivity contribution in [1.29, 1.82) is 0 Å². The van der Waals surface area contributed by atoms with E-state index in [-0.39, 0.29) is 44.5 Å². The van der Waals surface area contributed by atoms with Crippen molar-refractivity contribution in [1.82, 2.24) is 0 Å². The van der Waals surface area contributed by atoms with Gasteiger partial charge in [-0.3, -0.25) is 4.79 Å². The molecular weight excluding hydrogens is 408 g/mol. The van der Waals surface area contributed by atoms with Crippen LogP contribution in [-0.4, -0.2) is 23.3 Å². The smallest absolute Gasteiger partial charge is 0.159 e. The molecule has 1 N–H and O–H groups in total. The van der Waals surface area contributed by atoms with E-state index in [4.69, 9.17) is 0 Å². The molecule has 9 atom stereocenters. The minimum absolute atomic E-state index is 0.00503. The molecule has 0 bridgehead atoms. The van der Waals surface area contributed by atoms with Crippen molar-refractivity contribution < 1.29 is 14.7 Å². The average Bonchev–Trinajstić information content (AvgIpc) is 2.74. The lowest BCUT2D eigenvalue weighted by atomic mass is 9.33. The predicted molar refractivity (Wildman–Crippen MR) is 131 cm³/mol. The molecule has 33 heavy (non-hydrogen) atoms. The van der Waals surface area contributed by atoms with Crippen LogP contribution in [0.4, 0.5) is 0 Å². The largest absolute Gasteiger partial charge is 0.393 e. The van der Waals surface area contributed by atoms with Gasteiger partial charge >= 0.3 is 0 Å². The lowest BCUT2D eigenvalue weighted by Crippen LogP contribution is -2.66. The van der Waals surface area contributed by atoms with Gasteiger partial charge in [-0.1, -0.05) is 54.0 Å². The molecule has 0 aromatic carbocycles. The van der Waals surface area contributed by atoms with Gasteiger partial charge in [0, 0.05) is 11.3 Å². The Labute approximate surface area is 201 Å². The van der Waals surface area contributed by atoms with Crippen molar-refractivity contribution in [3.05, 3.63) is 11.6 Å². The Bertz CT molecular complexity index is 918. The van der Waals surface area contributed by atoms with E-state index in [1.807, 2.05) is 0 Å². The molecule has 0 radical (unpaired) electrons. The number of allylic oxidation sites excluding steroid dienone is 2. The zero-order valence-electron chi connectivity index (χ0n) is 22.1. The van der Waals surface area contributed by atoms with E-state index in [2.05, 4.69) is 54.5 Å². The molecule has 0 amide bonds. The standard InChI is InChI=1S/C30H46O3/c1-25(2)22-8-11-30(7)24(28(22,5)10-9-23(25)33)21(32)16-19-20-17-26(3,18-31)12-13-27(20,4)14-15-29(19,30)6/h16,18,20,22-24,33H,8-15,17H2,1-7H3/t20?,22?,23?,24?,26-,27?,28?,29+,30?/m0/s1. The summed E-state index contributed by atoms with van der Waals surface area (Å²) in [6.45, 7) is 16.3. The number of hydrogen-bond donors (Lipinski definition) is 1. The highest BCUT2D eigenvalue weighted by Crippen LogP contribution is 2.75. The number of carbonyl (C=O) groups is 2. The first-order chi connectivity index (χ1) is 15.2. The van der Waals surface area contributed by atoms with Gasteiger partial charge < -0.3 is 9.90 Å². The third-order valence-corrected chi connectivity index (χ3v) is 12.9. The summed E-state index contributed by atoms with van der Waals surface area (Å²) in [4.78, 5) is 26.2. The van der Waals surface area contributed by atoms with E-state index in [0.717, 1.165) is 51.4 Å². The molecule has 3 heteroatoms. The Balaban J connectivity index is 1.63. The highest BCUT2D eigenvalue weighted by Gasteiger charge is 2.70. The number of aldehydes is 1. The number of carbonyl (C=O) groups excluding carboxylic acids is 2. The van der Waals surface area contributed by atoms with Crippen molar-refractivity contribution >= 4 is 12.1 Å².